The Balaban J connectivity index is 2.02. The van der Waals surface area contributed by atoms with Crippen LogP contribution in [-0.2, 0) is 20.6 Å². The Morgan fingerprint density at radius 2 is 1.86 bits per heavy atom. The van der Waals surface area contributed by atoms with Crippen LogP contribution >= 0.6 is 0 Å². The molecule has 0 fully saturated rings. The van der Waals surface area contributed by atoms with Gasteiger partial charge in [-0.1, -0.05) is 0 Å². The molecule has 0 atom stereocenters. The smallest absolute Gasteiger partial charge is 0.264 e. The number of hydrogen-bond acceptors (Lipinski definition) is 2. The first kappa shape index (κ1) is 11.0. The van der Waals surface area contributed by atoms with Gasteiger partial charge in [-0.25, -0.2) is 4.57 Å². The summed E-state index contributed by atoms with van der Waals surface area (Å²) >= 11 is 0. The summed E-state index contributed by atoms with van der Waals surface area (Å²) in [6.45, 7) is 0.882. The molecular formula is C16H14N5+. The Kier molecular flexibility index (Phi) is 1.83. The van der Waals surface area contributed by atoms with E-state index in [9.17, 15) is 0 Å². The van der Waals surface area contributed by atoms with Gasteiger partial charge in [0.15, 0.2) is 5.52 Å². The SMILES string of the molecule is Cn1c2[n+](c3c1c1cnccc1n3C)Cc1cnccc1-2. The molecule has 4 aromatic rings. The van der Waals surface area contributed by atoms with Gasteiger partial charge in [0.05, 0.1) is 31.6 Å². The van der Waals surface area contributed by atoms with E-state index in [1.165, 1.54) is 39.0 Å². The van der Waals surface area contributed by atoms with Crippen molar-refractivity contribution in [3.63, 3.8) is 0 Å². The van der Waals surface area contributed by atoms with Crippen LogP contribution in [0.15, 0.2) is 36.9 Å². The average molecular weight is 276 g/mol. The standard InChI is InChI=1S/C16H14N5/c1-19-13-4-6-18-8-12(13)14-16(19)21-9-10-7-17-5-3-11(10)15(21)20(14)2/h3-8H,9H2,1-2H3/q+1. The largest absolute Gasteiger partial charge is 0.269 e. The maximum Gasteiger partial charge on any atom is 0.269 e. The minimum atomic E-state index is 0.882. The Hall–Kier alpha value is -2.69. The lowest BCUT2D eigenvalue weighted by Gasteiger charge is -1.97. The lowest BCUT2D eigenvalue weighted by Crippen LogP contribution is -2.33. The zero-order valence-corrected chi connectivity index (χ0v) is 11.9. The number of aromatic nitrogens is 5. The monoisotopic (exact) mass is 276 g/mol. The second kappa shape index (κ2) is 3.49. The second-order valence-electron chi connectivity index (χ2n) is 5.63. The molecule has 0 saturated heterocycles. The van der Waals surface area contributed by atoms with E-state index in [0.29, 0.717) is 0 Å². The van der Waals surface area contributed by atoms with Gasteiger partial charge in [-0.15, -0.1) is 0 Å². The van der Waals surface area contributed by atoms with Crippen LogP contribution in [0.5, 0.6) is 0 Å². The van der Waals surface area contributed by atoms with E-state index in [1.54, 1.807) is 0 Å². The molecule has 21 heavy (non-hydrogen) atoms. The van der Waals surface area contributed by atoms with Crippen LogP contribution in [0.2, 0.25) is 0 Å². The third-order valence-electron chi connectivity index (χ3n) is 4.58. The van der Waals surface area contributed by atoms with Crippen molar-refractivity contribution in [3.8, 4) is 11.4 Å². The summed E-state index contributed by atoms with van der Waals surface area (Å²) in [5.74, 6) is 1.25. The third kappa shape index (κ3) is 1.15. The zero-order valence-electron chi connectivity index (χ0n) is 11.9. The summed E-state index contributed by atoms with van der Waals surface area (Å²) in [6, 6.07) is 4.18. The van der Waals surface area contributed by atoms with Gasteiger partial charge in [-0.05, 0) is 12.1 Å². The van der Waals surface area contributed by atoms with Gasteiger partial charge >= 0.3 is 0 Å². The van der Waals surface area contributed by atoms with Crippen molar-refractivity contribution < 1.29 is 4.57 Å². The molecule has 4 aromatic heterocycles. The number of imidazole rings is 1. The van der Waals surface area contributed by atoms with Crippen molar-refractivity contribution in [1.82, 2.24) is 19.1 Å². The molecule has 1 aliphatic rings. The molecule has 102 valence electrons. The number of fused-ring (bicyclic) bond motifs is 7. The quantitative estimate of drug-likeness (QED) is 0.404. The molecular weight excluding hydrogens is 262 g/mol. The summed E-state index contributed by atoms with van der Waals surface area (Å²) in [7, 11) is 4.26. The summed E-state index contributed by atoms with van der Waals surface area (Å²) < 4.78 is 6.92. The fourth-order valence-electron chi connectivity index (χ4n) is 3.70. The summed E-state index contributed by atoms with van der Waals surface area (Å²) in [6.07, 6.45) is 7.65. The lowest BCUT2D eigenvalue weighted by molar-refractivity contribution is -0.648. The molecule has 0 aromatic carbocycles. The molecule has 0 unspecified atom stereocenters. The van der Waals surface area contributed by atoms with Crippen LogP contribution in [-0.4, -0.2) is 19.1 Å². The Labute approximate surface area is 121 Å². The van der Waals surface area contributed by atoms with Gasteiger partial charge in [0.1, 0.15) is 5.52 Å². The number of aryl methyl sites for hydroxylation is 2. The molecule has 1 aliphatic heterocycles. The summed E-state index contributed by atoms with van der Waals surface area (Å²) in [5, 5.41) is 1.20. The Morgan fingerprint density at radius 3 is 2.76 bits per heavy atom. The molecule has 0 saturated carbocycles. The van der Waals surface area contributed by atoms with E-state index >= 15 is 0 Å². The molecule has 5 heterocycles. The van der Waals surface area contributed by atoms with Gasteiger partial charge in [0, 0.05) is 30.4 Å². The first-order chi connectivity index (χ1) is 10.3. The van der Waals surface area contributed by atoms with E-state index in [-0.39, 0.29) is 0 Å². The fourth-order valence-corrected chi connectivity index (χ4v) is 3.70. The van der Waals surface area contributed by atoms with Crippen LogP contribution < -0.4 is 4.57 Å². The lowest BCUT2D eigenvalue weighted by atomic mass is 10.2. The fraction of sp³-hybridized carbons (Fsp3) is 0.188. The van der Waals surface area contributed by atoms with E-state index in [1.807, 2.05) is 24.8 Å². The van der Waals surface area contributed by atoms with Crippen LogP contribution in [0.3, 0.4) is 0 Å². The first-order valence-corrected chi connectivity index (χ1v) is 7.01. The van der Waals surface area contributed by atoms with E-state index in [2.05, 4.69) is 49.9 Å². The van der Waals surface area contributed by atoms with Crippen LogP contribution in [0.25, 0.3) is 33.5 Å². The summed E-state index contributed by atoms with van der Waals surface area (Å²) in [5.41, 5.74) is 6.27. The van der Waals surface area contributed by atoms with Crippen molar-refractivity contribution in [2.24, 2.45) is 14.1 Å². The number of hydrogen-bond donors (Lipinski definition) is 0. The third-order valence-corrected chi connectivity index (χ3v) is 4.58. The minimum Gasteiger partial charge on any atom is -0.264 e. The highest BCUT2D eigenvalue weighted by Gasteiger charge is 2.34. The molecule has 0 radical (unpaired) electrons. The van der Waals surface area contributed by atoms with Gasteiger partial charge in [-0.2, -0.15) is 0 Å². The highest BCUT2D eigenvalue weighted by atomic mass is 15.2. The van der Waals surface area contributed by atoms with E-state index in [0.717, 1.165) is 6.54 Å². The molecule has 0 amide bonds. The average Bonchev–Trinajstić information content (AvgIpc) is 3.11. The van der Waals surface area contributed by atoms with Crippen molar-refractivity contribution in [1.29, 1.82) is 0 Å². The van der Waals surface area contributed by atoms with Crippen molar-refractivity contribution >= 4 is 22.1 Å². The van der Waals surface area contributed by atoms with Crippen LogP contribution in [0.1, 0.15) is 5.56 Å². The predicted molar refractivity (Wildman–Crippen MR) is 79.7 cm³/mol. The molecule has 0 spiro atoms. The zero-order chi connectivity index (χ0) is 14.1. The Morgan fingerprint density at radius 1 is 1.05 bits per heavy atom. The van der Waals surface area contributed by atoms with Crippen molar-refractivity contribution in [2.75, 3.05) is 0 Å². The highest BCUT2D eigenvalue weighted by Crippen LogP contribution is 2.34. The molecule has 0 aliphatic carbocycles. The van der Waals surface area contributed by atoms with E-state index < -0.39 is 0 Å². The number of pyridine rings is 2. The number of nitrogens with zero attached hydrogens (tertiary/aromatic N) is 5. The number of rotatable bonds is 0. The van der Waals surface area contributed by atoms with Gasteiger partial charge in [0.25, 0.3) is 5.65 Å². The maximum absolute atomic E-state index is 4.30. The molecule has 0 bridgehead atoms. The first-order valence-electron chi connectivity index (χ1n) is 7.01. The molecule has 5 heteroatoms. The topological polar surface area (TPSA) is 39.5 Å². The predicted octanol–water partition coefficient (Wildman–Crippen LogP) is 1.78. The van der Waals surface area contributed by atoms with Gasteiger partial charge in [-0.3, -0.25) is 19.1 Å². The van der Waals surface area contributed by atoms with E-state index in [4.69, 9.17) is 0 Å². The van der Waals surface area contributed by atoms with Gasteiger partial charge in [0.2, 0.25) is 5.82 Å². The normalized spacial score (nSPS) is 13.0. The van der Waals surface area contributed by atoms with Crippen LogP contribution in [0.4, 0.5) is 0 Å². The Bertz CT molecular complexity index is 1040. The molecule has 0 N–H and O–H groups in total. The van der Waals surface area contributed by atoms with Crippen LogP contribution in [0, 0.1) is 0 Å². The molecule has 5 rings (SSSR count). The maximum atomic E-state index is 4.30. The summed E-state index contributed by atoms with van der Waals surface area (Å²) in [4.78, 5) is 8.55. The van der Waals surface area contributed by atoms with Crippen molar-refractivity contribution in [2.45, 2.75) is 6.54 Å². The molecule has 5 nitrogen and oxygen atoms in total. The second-order valence-corrected chi connectivity index (χ2v) is 5.63. The van der Waals surface area contributed by atoms with Gasteiger partial charge < -0.3 is 0 Å². The highest BCUT2D eigenvalue weighted by molar-refractivity contribution is 6.04. The van der Waals surface area contributed by atoms with Crippen molar-refractivity contribution in [3.05, 3.63) is 42.5 Å². The minimum absolute atomic E-state index is 0.882.